The van der Waals surface area contributed by atoms with Gasteiger partial charge in [-0.05, 0) is 56.8 Å². The van der Waals surface area contributed by atoms with Crippen molar-refractivity contribution in [1.82, 2.24) is 20.2 Å². The van der Waals surface area contributed by atoms with Crippen molar-refractivity contribution in [3.05, 3.63) is 17.6 Å². The summed E-state index contributed by atoms with van der Waals surface area (Å²) in [5, 5.41) is 34.0. The van der Waals surface area contributed by atoms with E-state index in [-0.39, 0.29) is 17.7 Å². The summed E-state index contributed by atoms with van der Waals surface area (Å²) in [6, 6.07) is 1.96. The van der Waals surface area contributed by atoms with Crippen LogP contribution in [0.25, 0.3) is 0 Å². The number of aryl methyl sites for hydroxylation is 1. The quantitative estimate of drug-likeness (QED) is 0.489. The molecule has 9 nitrogen and oxygen atoms in total. The topological polar surface area (TPSA) is 122 Å². The van der Waals surface area contributed by atoms with Gasteiger partial charge in [0.05, 0.1) is 11.7 Å². The van der Waals surface area contributed by atoms with Crippen LogP contribution in [-0.2, 0) is 0 Å². The molecule has 1 aliphatic heterocycles. The van der Waals surface area contributed by atoms with Crippen LogP contribution in [-0.4, -0.2) is 61.2 Å². The molecule has 0 spiro atoms. The average Bonchev–Trinajstić information content (AvgIpc) is 3.08. The van der Waals surface area contributed by atoms with Crippen LogP contribution in [0.4, 0.5) is 27.8 Å². The monoisotopic (exact) mass is 429 g/mol. The van der Waals surface area contributed by atoms with E-state index in [1.54, 1.807) is 11.0 Å². The Morgan fingerprint density at radius 1 is 1.19 bits per heavy atom. The van der Waals surface area contributed by atoms with Gasteiger partial charge in [-0.2, -0.15) is 19.5 Å². The van der Waals surface area contributed by atoms with E-state index in [0.29, 0.717) is 42.6 Å². The number of rotatable bonds is 5. The molecule has 4 aliphatic carbocycles. The Balaban J connectivity index is 1.31. The lowest BCUT2D eigenvalue weighted by atomic mass is 9.52. The summed E-state index contributed by atoms with van der Waals surface area (Å²) in [6.07, 6.45) is 4.30. The largest absolute Gasteiger partial charge is 0.390 e. The second-order valence-electron chi connectivity index (χ2n) is 10.0. The number of aromatic amines is 1. The molecule has 2 aromatic rings. The molecule has 31 heavy (non-hydrogen) atoms. The Hall–Kier alpha value is -2.46. The minimum atomic E-state index is -0.558. The lowest BCUT2D eigenvalue weighted by molar-refractivity contribution is -0.129. The molecule has 4 saturated carbocycles. The first-order chi connectivity index (χ1) is 14.8. The van der Waals surface area contributed by atoms with Crippen molar-refractivity contribution in [2.75, 3.05) is 28.6 Å². The molecule has 5 fully saturated rings. The summed E-state index contributed by atoms with van der Waals surface area (Å²) in [6.45, 7) is 2.56. The van der Waals surface area contributed by atoms with Crippen LogP contribution in [0.5, 0.6) is 0 Å². The van der Waals surface area contributed by atoms with Crippen molar-refractivity contribution in [2.24, 2.45) is 17.8 Å². The van der Waals surface area contributed by atoms with E-state index >= 15 is 4.39 Å². The van der Waals surface area contributed by atoms with Gasteiger partial charge in [-0.25, -0.2) is 0 Å². The van der Waals surface area contributed by atoms with Gasteiger partial charge in [0.1, 0.15) is 0 Å². The van der Waals surface area contributed by atoms with Crippen LogP contribution in [0.1, 0.15) is 37.8 Å². The normalized spacial score (nSPS) is 34.1. The number of anilines is 4. The van der Waals surface area contributed by atoms with Crippen LogP contribution < -0.4 is 15.5 Å². The number of aliphatic hydroxyl groups is 2. The van der Waals surface area contributed by atoms with Crippen LogP contribution in [0, 0.1) is 30.5 Å². The van der Waals surface area contributed by atoms with Gasteiger partial charge in [-0.3, -0.25) is 5.10 Å². The molecule has 5 aliphatic rings. The van der Waals surface area contributed by atoms with E-state index in [1.165, 1.54) is 0 Å². The highest BCUT2D eigenvalue weighted by atomic mass is 19.1. The first-order valence-corrected chi connectivity index (χ1v) is 11.1. The summed E-state index contributed by atoms with van der Waals surface area (Å²) < 4.78 is 15.3. The zero-order chi connectivity index (χ0) is 21.3. The fraction of sp³-hybridized carbons (Fsp3) is 0.667. The Morgan fingerprint density at radius 2 is 1.94 bits per heavy atom. The highest BCUT2D eigenvalue weighted by Gasteiger charge is 2.55. The van der Waals surface area contributed by atoms with Gasteiger partial charge < -0.3 is 25.7 Å². The van der Waals surface area contributed by atoms with Gasteiger partial charge in [0.25, 0.3) is 0 Å². The maximum absolute atomic E-state index is 15.3. The van der Waals surface area contributed by atoms with Crippen LogP contribution in [0.15, 0.2) is 6.07 Å². The Bertz CT molecular complexity index is 992. The first kappa shape index (κ1) is 19.2. The predicted octanol–water partition coefficient (Wildman–Crippen LogP) is 1.92. The summed E-state index contributed by atoms with van der Waals surface area (Å²) in [5.74, 6) is 1.90. The number of halogens is 1. The Kier molecular flexibility index (Phi) is 4.20. The lowest BCUT2D eigenvalue weighted by Gasteiger charge is -2.58. The predicted molar refractivity (Wildman–Crippen MR) is 113 cm³/mol. The summed E-state index contributed by atoms with van der Waals surface area (Å²) in [7, 11) is 0. The summed E-state index contributed by atoms with van der Waals surface area (Å²) in [5.41, 5.74) is 0.342. The molecule has 0 amide bonds. The molecule has 3 heterocycles. The zero-order valence-electron chi connectivity index (χ0n) is 17.5. The third-order valence-corrected chi connectivity index (χ3v) is 7.48. The summed E-state index contributed by atoms with van der Waals surface area (Å²) in [4.78, 5) is 10.7. The molecular weight excluding hydrogens is 401 g/mol. The minimum Gasteiger partial charge on any atom is -0.390 e. The standard InChI is InChI=1S/C21H28FN7O2/c1-10-2-15(28-27-10)23-18-16(22)19(29-8-14(30)9-29)26-20(25-18)24-17-12-3-11-4-13(17)7-21(31,5-11)6-12/h2,11-14,17,30-31H,3-9H2,1H3,(H3,23,24,25,26,27,28). The Labute approximate surface area is 179 Å². The van der Waals surface area contributed by atoms with Gasteiger partial charge in [0, 0.05) is 30.9 Å². The van der Waals surface area contributed by atoms with Gasteiger partial charge >= 0.3 is 0 Å². The molecule has 2 atom stereocenters. The van der Waals surface area contributed by atoms with Gasteiger partial charge in [-0.1, -0.05) is 0 Å². The SMILES string of the molecule is Cc1cc(Nc2nc(NC3C4CC5CC3CC(O)(C5)C4)nc(N3CC(O)C3)c2F)n[nH]1. The number of nitrogens with zero attached hydrogens (tertiary/aromatic N) is 4. The van der Waals surface area contributed by atoms with Crippen molar-refractivity contribution in [3.8, 4) is 0 Å². The molecule has 4 bridgehead atoms. The van der Waals surface area contributed by atoms with Crippen molar-refractivity contribution < 1.29 is 14.6 Å². The van der Waals surface area contributed by atoms with Crippen molar-refractivity contribution in [1.29, 1.82) is 0 Å². The number of β-amino-alcohol motifs (C(OH)–C–C–N with tert-alkyl or cyclic N) is 1. The average molecular weight is 430 g/mol. The van der Waals surface area contributed by atoms with E-state index in [4.69, 9.17) is 0 Å². The third kappa shape index (κ3) is 3.32. The van der Waals surface area contributed by atoms with Gasteiger partial charge in [0.2, 0.25) is 11.8 Å². The second kappa shape index (κ2) is 6.77. The van der Waals surface area contributed by atoms with E-state index in [1.807, 2.05) is 6.92 Å². The number of aliphatic hydroxyl groups excluding tert-OH is 1. The highest BCUT2D eigenvalue weighted by Crippen LogP contribution is 2.56. The van der Waals surface area contributed by atoms with E-state index in [2.05, 4.69) is 30.8 Å². The number of hydrogen-bond donors (Lipinski definition) is 5. The third-order valence-electron chi connectivity index (χ3n) is 7.48. The molecule has 166 valence electrons. The minimum absolute atomic E-state index is 0.0582. The van der Waals surface area contributed by atoms with Crippen LogP contribution >= 0.6 is 0 Å². The molecule has 5 N–H and O–H groups in total. The molecular formula is C21H28FN7O2. The molecule has 2 aromatic heterocycles. The van der Waals surface area contributed by atoms with Crippen molar-refractivity contribution >= 4 is 23.4 Å². The number of aromatic nitrogens is 4. The van der Waals surface area contributed by atoms with E-state index in [9.17, 15) is 10.2 Å². The smallest absolute Gasteiger partial charge is 0.227 e. The fourth-order valence-electron chi connectivity index (χ4n) is 6.39. The molecule has 2 unspecified atom stereocenters. The summed E-state index contributed by atoms with van der Waals surface area (Å²) >= 11 is 0. The van der Waals surface area contributed by atoms with Crippen LogP contribution in [0.2, 0.25) is 0 Å². The molecule has 0 radical (unpaired) electrons. The number of H-pyrrole nitrogens is 1. The van der Waals surface area contributed by atoms with Crippen molar-refractivity contribution in [2.45, 2.75) is 56.8 Å². The number of nitrogens with one attached hydrogen (secondary N) is 3. The van der Waals surface area contributed by atoms with Crippen molar-refractivity contribution in [3.63, 3.8) is 0 Å². The molecule has 7 rings (SSSR count). The maximum Gasteiger partial charge on any atom is 0.227 e. The second-order valence-corrected chi connectivity index (χ2v) is 10.0. The Morgan fingerprint density at radius 3 is 2.55 bits per heavy atom. The van der Waals surface area contributed by atoms with Gasteiger partial charge in [0.15, 0.2) is 17.5 Å². The van der Waals surface area contributed by atoms with Crippen LogP contribution in [0.3, 0.4) is 0 Å². The fourth-order valence-corrected chi connectivity index (χ4v) is 6.39. The lowest BCUT2D eigenvalue weighted by Crippen LogP contribution is -2.59. The van der Waals surface area contributed by atoms with E-state index in [0.717, 1.165) is 37.8 Å². The number of hydrogen-bond acceptors (Lipinski definition) is 8. The first-order valence-electron chi connectivity index (χ1n) is 11.1. The molecule has 10 heteroatoms. The highest BCUT2D eigenvalue weighted by molar-refractivity contribution is 5.62. The van der Waals surface area contributed by atoms with Gasteiger partial charge in [-0.15, -0.1) is 0 Å². The zero-order valence-corrected chi connectivity index (χ0v) is 17.5. The molecule has 1 saturated heterocycles. The van der Waals surface area contributed by atoms with E-state index < -0.39 is 17.5 Å². The molecule has 0 aromatic carbocycles. The maximum atomic E-state index is 15.3.